The molecule has 5 nitrogen and oxygen atoms in total. The summed E-state index contributed by atoms with van der Waals surface area (Å²) in [5.74, 6) is 0.417. The molecule has 108 valence electrons. The number of hydrogen-bond acceptors (Lipinski definition) is 6. The van der Waals surface area contributed by atoms with Gasteiger partial charge in [-0.2, -0.15) is 4.98 Å². The van der Waals surface area contributed by atoms with Gasteiger partial charge in [0.2, 0.25) is 11.7 Å². The second-order valence-corrected chi connectivity index (χ2v) is 5.41. The summed E-state index contributed by atoms with van der Waals surface area (Å²) in [7, 11) is 0. The van der Waals surface area contributed by atoms with Crippen molar-refractivity contribution in [1.29, 1.82) is 0 Å². The van der Waals surface area contributed by atoms with Crippen LogP contribution in [0.25, 0.3) is 11.4 Å². The van der Waals surface area contributed by atoms with Crippen LogP contribution in [0.4, 0.5) is 9.52 Å². The first-order chi connectivity index (χ1) is 10.2. The number of anilines is 1. The number of benzene rings is 1. The SMILES string of the molecule is Nc1nc(CCCc2nc(-c3ccccc3F)no2)cs1. The van der Waals surface area contributed by atoms with E-state index in [1.165, 1.54) is 17.4 Å². The Balaban J connectivity index is 1.62. The minimum atomic E-state index is -0.359. The zero-order valence-corrected chi connectivity index (χ0v) is 11.9. The van der Waals surface area contributed by atoms with Crippen LogP contribution in [0.2, 0.25) is 0 Å². The molecule has 0 radical (unpaired) electrons. The topological polar surface area (TPSA) is 77.8 Å². The molecular formula is C14H13FN4OS. The average Bonchev–Trinajstić information content (AvgIpc) is 3.09. The van der Waals surface area contributed by atoms with E-state index in [2.05, 4.69) is 15.1 Å². The van der Waals surface area contributed by atoms with Gasteiger partial charge in [0.25, 0.3) is 0 Å². The number of hydrogen-bond donors (Lipinski definition) is 1. The molecule has 0 aliphatic rings. The quantitative estimate of drug-likeness (QED) is 0.783. The maximum atomic E-state index is 13.6. The van der Waals surface area contributed by atoms with Crippen LogP contribution in [0.1, 0.15) is 18.0 Å². The highest BCUT2D eigenvalue weighted by Crippen LogP contribution is 2.20. The first-order valence-corrected chi connectivity index (χ1v) is 7.38. The van der Waals surface area contributed by atoms with Gasteiger partial charge in [-0.3, -0.25) is 0 Å². The smallest absolute Gasteiger partial charge is 0.226 e. The molecule has 3 aromatic rings. The standard InChI is InChI=1S/C14H13FN4OS/c15-11-6-2-1-5-10(11)13-18-12(20-19-13)7-3-4-9-8-21-14(16)17-9/h1-2,5-6,8H,3-4,7H2,(H2,16,17). The maximum absolute atomic E-state index is 13.6. The molecular weight excluding hydrogens is 291 g/mol. The molecule has 0 bridgehead atoms. The Labute approximate surface area is 124 Å². The summed E-state index contributed by atoms with van der Waals surface area (Å²) < 4.78 is 18.8. The van der Waals surface area contributed by atoms with Gasteiger partial charge in [0, 0.05) is 11.8 Å². The molecule has 0 atom stereocenters. The van der Waals surface area contributed by atoms with Crippen LogP contribution < -0.4 is 5.73 Å². The first-order valence-electron chi connectivity index (χ1n) is 6.50. The molecule has 1 aromatic carbocycles. The molecule has 0 fully saturated rings. The summed E-state index contributed by atoms with van der Waals surface area (Å²) in [6.45, 7) is 0. The van der Waals surface area contributed by atoms with Gasteiger partial charge in [-0.25, -0.2) is 9.37 Å². The Morgan fingerprint density at radius 1 is 1.19 bits per heavy atom. The van der Waals surface area contributed by atoms with Crippen molar-refractivity contribution in [2.24, 2.45) is 0 Å². The van der Waals surface area contributed by atoms with Crippen molar-refractivity contribution in [3.8, 4) is 11.4 Å². The molecule has 3 rings (SSSR count). The summed E-state index contributed by atoms with van der Waals surface area (Å²) in [5.41, 5.74) is 6.89. The van der Waals surface area contributed by atoms with Crippen molar-refractivity contribution in [3.63, 3.8) is 0 Å². The molecule has 0 unspecified atom stereocenters. The normalized spacial score (nSPS) is 10.9. The van der Waals surface area contributed by atoms with Crippen molar-refractivity contribution in [2.75, 3.05) is 5.73 Å². The minimum absolute atomic E-state index is 0.279. The van der Waals surface area contributed by atoms with Crippen LogP contribution in [-0.2, 0) is 12.8 Å². The second-order valence-electron chi connectivity index (χ2n) is 4.52. The van der Waals surface area contributed by atoms with E-state index < -0.39 is 0 Å². The lowest BCUT2D eigenvalue weighted by Gasteiger charge is -1.95. The number of aromatic nitrogens is 3. The Bertz CT molecular complexity index is 740. The lowest BCUT2D eigenvalue weighted by Crippen LogP contribution is -1.92. The van der Waals surface area contributed by atoms with Crippen molar-refractivity contribution >= 4 is 16.5 Å². The van der Waals surface area contributed by atoms with Crippen LogP contribution in [-0.4, -0.2) is 15.1 Å². The monoisotopic (exact) mass is 304 g/mol. The summed E-state index contributed by atoms with van der Waals surface area (Å²) in [5, 5.41) is 6.33. The van der Waals surface area contributed by atoms with E-state index >= 15 is 0 Å². The van der Waals surface area contributed by atoms with Gasteiger partial charge >= 0.3 is 0 Å². The van der Waals surface area contributed by atoms with E-state index in [0.29, 0.717) is 23.0 Å². The predicted octanol–water partition coefficient (Wildman–Crippen LogP) is 3.09. The van der Waals surface area contributed by atoms with Crippen molar-refractivity contribution < 1.29 is 8.91 Å². The number of nitrogens with zero attached hydrogens (tertiary/aromatic N) is 3. The number of nitrogen functional groups attached to an aromatic ring is 1. The summed E-state index contributed by atoms with van der Waals surface area (Å²) >= 11 is 1.43. The lowest BCUT2D eigenvalue weighted by molar-refractivity contribution is 0.376. The molecule has 0 saturated carbocycles. The molecule has 2 heterocycles. The van der Waals surface area contributed by atoms with E-state index in [9.17, 15) is 4.39 Å². The molecule has 0 aliphatic heterocycles. The van der Waals surface area contributed by atoms with E-state index in [-0.39, 0.29) is 11.6 Å². The Morgan fingerprint density at radius 3 is 2.81 bits per heavy atom. The largest absolute Gasteiger partial charge is 0.375 e. The molecule has 2 N–H and O–H groups in total. The Hall–Kier alpha value is -2.28. The molecule has 0 saturated heterocycles. The molecule has 0 spiro atoms. The lowest BCUT2D eigenvalue weighted by atomic mass is 10.2. The average molecular weight is 304 g/mol. The van der Waals surface area contributed by atoms with Crippen molar-refractivity contribution in [1.82, 2.24) is 15.1 Å². The summed E-state index contributed by atoms with van der Waals surface area (Å²) in [6.07, 6.45) is 2.24. The van der Waals surface area contributed by atoms with Gasteiger partial charge in [-0.1, -0.05) is 17.3 Å². The molecule has 0 amide bonds. The molecule has 7 heteroatoms. The fourth-order valence-corrected chi connectivity index (χ4v) is 2.56. The second kappa shape index (κ2) is 6.01. The third-order valence-corrected chi connectivity index (χ3v) is 3.70. The summed E-state index contributed by atoms with van der Waals surface area (Å²) in [4.78, 5) is 8.40. The number of thiazole rings is 1. The van der Waals surface area contributed by atoms with E-state index in [0.717, 1.165) is 18.5 Å². The Kier molecular flexibility index (Phi) is 3.92. The fourth-order valence-electron chi connectivity index (χ4n) is 1.97. The van der Waals surface area contributed by atoms with Crippen molar-refractivity contribution in [3.05, 3.63) is 47.0 Å². The molecule has 0 aliphatic carbocycles. The van der Waals surface area contributed by atoms with Gasteiger partial charge in [0.15, 0.2) is 5.13 Å². The van der Waals surface area contributed by atoms with Crippen LogP contribution in [0, 0.1) is 5.82 Å². The number of halogens is 1. The highest BCUT2D eigenvalue weighted by Gasteiger charge is 2.12. The number of rotatable bonds is 5. The Morgan fingerprint density at radius 2 is 2.05 bits per heavy atom. The first kappa shape index (κ1) is 13.7. The van der Waals surface area contributed by atoms with E-state index in [1.54, 1.807) is 18.2 Å². The fraction of sp³-hybridized carbons (Fsp3) is 0.214. The third kappa shape index (κ3) is 3.25. The maximum Gasteiger partial charge on any atom is 0.226 e. The van der Waals surface area contributed by atoms with Gasteiger partial charge in [0.1, 0.15) is 5.82 Å². The van der Waals surface area contributed by atoms with Crippen LogP contribution in [0.15, 0.2) is 34.2 Å². The van der Waals surface area contributed by atoms with Gasteiger partial charge in [-0.15, -0.1) is 11.3 Å². The predicted molar refractivity (Wildman–Crippen MR) is 78.2 cm³/mol. The zero-order chi connectivity index (χ0) is 14.7. The highest BCUT2D eigenvalue weighted by molar-refractivity contribution is 7.13. The van der Waals surface area contributed by atoms with E-state index in [4.69, 9.17) is 10.3 Å². The van der Waals surface area contributed by atoms with Crippen molar-refractivity contribution in [2.45, 2.75) is 19.3 Å². The van der Waals surface area contributed by atoms with E-state index in [1.807, 2.05) is 5.38 Å². The molecule has 2 aromatic heterocycles. The third-order valence-electron chi connectivity index (χ3n) is 2.98. The molecule has 21 heavy (non-hydrogen) atoms. The summed E-state index contributed by atoms with van der Waals surface area (Å²) in [6, 6.07) is 6.36. The number of nitrogens with two attached hydrogens (primary N) is 1. The minimum Gasteiger partial charge on any atom is -0.375 e. The highest BCUT2D eigenvalue weighted by atomic mass is 32.1. The zero-order valence-electron chi connectivity index (χ0n) is 11.1. The number of aryl methyl sites for hydroxylation is 2. The van der Waals surface area contributed by atoms with Gasteiger partial charge < -0.3 is 10.3 Å². The van der Waals surface area contributed by atoms with Gasteiger partial charge in [-0.05, 0) is 25.0 Å². The van der Waals surface area contributed by atoms with Crippen LogP contribution in [0.5, 0.6) is 0 Å². The van der Waals surface area contributed by atoms with Gasteiger partial charge in [0.05, 0.1) is 11.3 Å². The van der Waals surface area contributed by atoms with Crippen LogP contribution in [0.3, 0.4) is 0 Å². The van der Waals surface area contributed by atoms with Crippen LogP contribution >= 0.6 is 11.3 Å².